The first-order chi connectivity index (χ1) is 8.85. The fourth-order valence-corrected chi connectivity index (χ4v) is 1.84. The zero-order valence-corrected chi connectivity index (χ0v) is 9.83. The predicted octanol–water partition coefficient (Wildman–Crippen LogP) is 1.79. The average molecular weight is 275 g/mol. The lowest BCUT2D eigenvalue weighted by Gasteiger charge is -2.13. The molecule has 0 bridgehead atoms. The maximum Gasteiger partial charge on any atom is 0.411 e. The van der Waals surface area contributed by atoms with Gasteiger partial charge in [-0.1, -0.05) is 12.1 Å². The molecule has 0 radical (unpaired) electrons. The molecule has 1 aromatic carbocycles. The summed E-state index contributed by atoms with van der Waals surface area (Å²) in [6, 6.07) is 4.75. The highest BCUT2D eigenvalue weighted by molar-refractivity contribution is 5.99. The molecule has 1 atom stereocenters. The molecule has 19 heavy (non-hydrogen) atoms. The molecular weight excluding hydrogens is 263 g/mol. The van der Waals surface area contributed by atoms with Crippen LogP contribution in [-0.2, 0) is 16.0 Å². The zero-order valence-electron chi connectivity index (χ0n) is 9.83. The number of ether oxygens (including phenoxy) is 1. The van der Waals surface area contributed by atoms with Crippen LogP contribution in [0.3, 0.4) is 0 Å². The SMILES string of the molecule is O=C1Cc2cc(C(O)COCC(F)(F)F)ccc2N1. The fraction of sp³-hybridized carbons (Fsp3) is 0.417. The first kappa shape index (κ1) is 13.8. The molecule has 1 heterocycles. The lowest BCUT2D eigenvalue weighted by molar-refractivity contribution is -0.179. The van der Waals surface area contributed by atoms with Crippen molar-refractivity contribution in [3.63, 3.8) is 0 Å². The van der Waals surface area contributed by atoms with Crippen LogP contribution in [0.5, 0.6) is 0 Å². The molecule has 1 unspecified atom stereocenters. The van der Waals surface area contributed by atoms with E-state index < -0.39 is 25.5 Å². The summed E-state index contributed by atoms with van der Waals surface area (Å²) in [5, 5.41) is 12.3. The molecule has 1 aliphatic rings. The minimum absolute atomic E-state index is 0.144. The van der Waals surface area contributed by atoms with Gasteiger partial charge >= 0.3 is 6.18 Å². The minimum atomic E-state index is -4.41. The molecule has 2 rings (SSSR count). The van der Waals surface area contributed by atoms with Gasteiger partial charge in [0.2, 0.25) is 5.91 Å². The topological polar surface area (TPSA) is 58.6 Å². The van der Waals surface area contributed by atoms with Crippen LogP contribution in [0.25, 0.3) is 0 Å². The van der Waals surface area contributed by atoms with Crippen LogP contribution in [0.4, 0.5) is 18.9 Å². The maximum absolute atomic E-state index is 11.9. The van der Waals surface area contributed by atoms with Crippen molar-refractivity contribution in [1.82, 2.24) is 0 Å². The molecule has 0 saturated heterocycles. The van der Waals surface area contributed by atoms with Crippen LogP contribution in [-0.4, -0.2) is 30.4 Å². The Labute approximate surface area is 107 Å². The number of fused-ring (bicyclic) bond motifs is 1. The highest BCUT2D eigenvalue weighted by Gasteiger charge is 2.28. The van der Waals surface area contributed by atoms with Gasteiger partial charge in [-0.15, -0.1) is 0 Å². The monoisotopic (exact) mass is 275 g/mol. The Bertz CT molecular complexity index is 488. The normalized spacial score (nSPS) is 16.1. The smallest absolute Gasteiger partial charge is 0.386 e. The Morgan fingerprint density at radius 1 is 1.42 bits per heavy atom. The molecule has 0 aliphatic carbocycles. The van der Waals surface area contributed by atoms with Gasteiger partial charge in [0.1, 0.15) is 12.7 Å². The maximum atomic E-state index is 11.9. The van der Waals surface area contributed by atoms with E-state index in [0.717, 1.165) is 5.56 Å². The second-order valence-corrected chi connectivity index (χ2v) is 4.29. The van der Waals surface area contributed by atoms with E-state index in [1.807, 2.05) is 0 Å². The quantitative estimate of drug-likeness (QED) is 0.880. The van der Waals surface area contributed by atoms with Gasteiger partial charge in [0.15, 0.2) is 0 Å². The molecule has 1 aliphatic heterocycles. The van der Waals surface area contributed by atoms with Crippen molar-refractivity contribution >= 4 is 11.6 Å². The van der Waals surface area contributed by atoms with E-state index in [1.54, 1.807) is 18.2 Å². The molecule has 0 saturated carbocycles. The Morgan fingerprint density at radius 3 is 2.84 bits per heavy atom. The molecule has 1 aromatic rings. The van der Waals surface area contributed by atoms with Crippen LogP contribution in [0, 0.1) is 0 Å². The number of hydrogen-bond donors (Lipinski definition) is 2. The van der Waals surface area contributed by atoms with Gasteiger partial charge in [-0.05, 0) is 17.2 Å². The van der Waals surface area contributed by atoms with Gasteiger partial charge in [-0.2, -0.15) is 13.2 Å². The molecule has 0 fully saturated rings. The Kier molecular flexibility index (Phi) is 3.77. The zero-order chi connectivity index (χ0) is 14.0. The second-order valence-electron chi connectivity index (χ2n) is 4.29. The average Bonchev–Trinajstić information content (AvgIpc) is 2.65. The first-order valence-corrected chi connectivity index (χ1v) is 5.60. The second kappa shape index (κ2) is 5.18. The largest absolute Gasteiger partial charge is 0.411 e. The summed E-state index contributed by atoms with van der Waals surface area (Å²) < 4.78 is 40.0. The number of carbonyl (C=O) groups excluding carboxylic acids is 1. The predicted molar refractivity (Wildman–Crippen MR) is 60.6 cm³/mol. The molecule has 2 N–H and O–H groups in total. The van der Waals surface area contributed by atoms with Gasteiger partial charge in [0.25, 0.3) is 0 Å². The van der Waals surface area contributed by atoms with Crippen molar-refractivity contribution in [2.75, 3.05) is 18.5 Å². The highest BCUT2D eigenvalue weighted by atomic mass is 19.4. The molecule has 4 nitrogen and oxygen atoms in total. The van der Waals surface area contributed by atoms with E-state index in [0.29, 0.717) is 11.3 Å². The van der Waals surface area contributed by atoms with E-state index in [4.69, 9.17) is 0 Å². The van der Waals surface area contributed by atoms with Crippen molar-refractivity contribution in [2.45, 2.75) is 18.7 Å². The van der Waals surface area contributed by atoms with E-state index in [2.05, 4.69) is 10.1 Å². The van der Waals surface area contributed by atoms with Crippen LogP contribution in [0.1, 0.15) is 17.2 Å². The number of aliphatic hydroxyl groups is 1. The summed E-state index contributed by atoms with van der Waals surface area (Å²) in [6.07, 6.45) is -5.35. The van der Waals surface area contributed by atoms with Crippen molar-refractivity contribution in [3.05, 3.63) is 29.3 Å². The van der Waals surface area contributed by atoms with E-state index >= 15 is 0 Å². The van der Waals surface area contributed by atoms with Crippen LogP contribution in [0.2, 0.25) is 0 Å². The van der Waals surface area contributed by atoms with E-state index in [1.165, 1.54) is 0 Å². The number of rotatable bonds is 4. The molecule has 0 spiro atoms. The van der Waals surface area contributed by atoms with Gasteiger partial charge in [0, 0.05) is 5.69 Å². The third kappa shape index (κ3) is 3.68. The van der Waals surface area contributed by atoms with Gasteiger partial charge < -0.3 is 15.2 Å². The number of halogens is 3. The minimum Gasteiger partial charge on any atom is -0.386 e. The molecule has 1 amide bonds. The number of hydrogen-bond acceptors (Lipinski definition) is 3. The third-order valence-electron chi connectivity index (χ3n) is 2.68. The number of amides is 1. The molecule has 7 heteroatoms. The summed E-state index contributed by atoms with van der Waals surface area (Å²) >= 11 is 0. The van der Waals surface area contributed by atoms with Crippen molar-refractivity contribution < 1.29 is 27.8 Å². The number of anilines is 1. The lowest BCUT2D eigenvalue weighted by atomic mass is 10.0. The molecule has 104 valence electrons. The summed E-state index contributed by atoms with van der Waals surface area (Å²) in [4.78, 5) is 11.1. The lowest BCUT2D eigenvalue weighted by Crippen LogP contribution is -2.19. The first-order valence-electron chi connectivity index (χ1n) is 5.60. The van der Waals surface area contributed by atoms with E-state index in [9.17, 15) is 23.1 Å². The van der Waals surface area contributed by atoms with Gasteiger partial charge in [-0.3, -0.25) is 4.79 Å². The Morgan fingerprint density at radius 2 is 2.16 bits per heavy atom. The third-order valence-corrected chi connectivity index (χ3v) is 2.68. The van der Waals surface area contributed by atoms with Crippen molar-refractivity contribution in [3.8, 4) is 0 Å². The van der Waals surface area contributed by atoms with Crippen molar-refractivity contribution in [2.24, 2.45) is 0 Å². The Hall–Kier alpha value is -1.60. The number of aliphatic hydroxyl groups excluding tert-OH is 1. The number of nitrogens with one attached hydrogen (secondary N) is 1. The Balaban J connectivity index is 1.95. The van der Waals surface area contributed by atoms with Crippen LogP contribution in [0.15, 0.2) is 18.2 Å². The van der Waals surface area contributed by atoms with E-state index in [-0.39, 0.29) is 12.3 Å². The van der Waals surface area contributed by atoms with Gasteiger partial charge in [-0.25, -0.2) is 0 Å². The highest BCUT2D eigenvalue weighted by Crippen LogP contribution is 2.26. The molecule has 0 aromatic heterocycles. The standard InChI is InChI=1S/C12H12F3NO3/c13-12(14,15)6-19-5-10(17)7-1-2-9-8(3-7)4-11(18)16-9/h1-3,10,17H,4-6H2,(H,16,18). The van der Waals surface area contributed by atoms with Crippen molar-refractivity contribution in [1.29, 1.82) is 0 Å². The number of carbonyl (C=O) groups is 1. The van der Waals surface area contributed by atoms with Crippen LogP contribution >= 0.6 is 0 Å². The summed E-state index contributed by atoms with van der Waals surface area (Å²) in [6.45, 7) is -1.84. The van der Waals surface area contributed by atoms with Gasteiger partial charge in [0.05, 0.1) is 13.0 Å². The summed E-state index contributed by atoms with van der Waals surface area (Å²) in [5.41, 5.74) is 1.81. The fourth-order valence-electron chi connectivity index (χ4n) is 1.84. The summed E-state index contributed by atoms with van der Waals surface area (Å²) in [7, 11) is 0. The summed E-state index contributed by atoms with van der Waals surface area (Å²) in [5.74, 6) is -0.144. The number of benzene rings is 1. The molecular formula is C12H12F3NO3. The van der Waals surface area contributed by atoms with Crippen LogP contribution < -0.4 is 5.32 Å². The number of alkyl halides is 3.